The number of hydrogen-bond acceptors (Lipinski definition) is 5. The van der Waals surface area contributed by atoms with Crippen LogP contribution in [0, 0.1) is 0 Å². The lowest BCUT2D eigenvalue weighted by Gasteiger charge is -2.29. The highest BCUT2D eigenvalue weighted by molar-refractivity contribution is 6.30. The van der Waals surface area contributed by atoms with E-state index in [1.807, 2.05) is 38.2 Å². The van der Waals surface area contributed by atoms with E-state index in [1.165, 1.54) is 6.33 Å². The SMILES string of the molecule is COC(C)(CNc1ncnc2c1cnn2C)c1cccc(Cl)c1. The Bertz CT molecular complexity index is 834. The highest BCUT2D eigenvalue weighted by Gasteiger charge is 2.27. The van der Waals surface area contributed by atoms with Crippen LogP contribution >= 0.6 is 11.6 Å². The van der Waals surface area contributed by atoms with Crippen molar-refractivity contribution < 1.29 is 4.74 Å². The van der Waals surface area contributed by atoms with Crippen molar-refractivity contribution in [2.75, 3.05) is 19.0 Å². The van der Waals surface area contributed by atoms with Gasteiger partial charge in [0, 0.05) is 25.7 Å². The zero-order chi connectivity index (χ0) is 16.4. The molecule has 1 aromatic carbocycles. The number of halogens is 1. The van der Waals surface area contributed by atoms with Crippen LogP contribution in [0.4, 0.5) is 5.82 Å². The van der Waals surface area contributed by atoms with Gasteiger partial charge in [-0.1, -0.05) is 23.7 Å². The van der Waals surface area contributed by atoms with E-state index < -0.39 is 5.60 Å². The first kappa shape index (κ1) is 15.7. The normalized spacial score (nSPS) is 13.9. The molecule has 3 aromatic rings. The van der Waals surface area contributed by atoms with Gasteiger partial charge < -0.3 is 10.1 Å². The van der Waals surface area contributed by atoms with Crippen LogP contribution in [0.3, 0.4) is 0 Å². The molecule has 0 saturated heterocycles. The summed E-state index contributed by atoms with van der Waals surface area (Å²) in [6.07, 6.45) is 3.27. The van der Waals surface area contributed by atoms with Crippen molar-refractivity contribution in [3.63, 3.8) is 0 Å². The molecule has 0 bridgehead atoms. The summed E-state index contributed by atoms with van der Waals surface area (Å²) in [5, 5.41) is 9.11. The monoisotopic (exact) mass is 331 g/mol. The van der Waals surface area contributed by atoms with Crippen LogP contribution in [0.15, 0.2) is 36.8 Å². The van der Waals surface area contributed by atoms with Gasteiger partial charge in [0.05, 0.1) is 11.6 Å². The second-order valence-electron chi connectivity index (χ2n) is 5.53. The summed E-state index contributed by atoms with van der Waals surface area (Å²) in [4.78, 5) is 8.55. The average Bonchev–Trinajstić information content (AvgIpc) is 2.95. The molecule has 0 radical (unpaired) electrons. The molecule has 0 amide bonds. The summed E-state index contributed by atoms with van der Waals surface area (Å²) >= 11 is 6.10. The van der Waals surface area contributed by atoms with E-state index in [2.05, 4.69) is 20.4 Å². The van der Waals surface area contributed by atoms with E-state index in [0.29, 0.717) is 11.6 Å². The number of nitrogens with one attached hydrogen (secondary N) is 1. The van der Waals surface area contributed by atoms with Gasteiger partial charge in [-0.15, -0.1) is 0 Å². The third kappa shape index (κ3) is 3.00. The fraction of sp³-hybridized carbons (Fsp3) is 0.312. The third-order valence-electron chi connectivity index (χ3n) is 4.01. The predicted octanol–water partition coefficient (Wildman–Crippen LogP) is 2.99. The van der Waals surface area contributed by atoms with Gasteiger partial charge in [-0.3, -0.25) is 4.68 Å². The van der Waals surface area contributed by atoms with Crippen LogP contribution in [-0.4, -0.2) is 33.4 Å². The topological polar surface area (TPSA) is 64.9 Å². The molecule has 2 aromatic heterocycles. The van der Waals surface area contributed by atoms with Gasteiger partial charge in [-0.2, -0.15) is 5.10 Å². The summed E-state index contributed by atoms with van der Waals surface area (Å²) in [5.74, 6) is 0.730. The maximum Gasteiger partial charge on any atom is 0.163 e. The molecule has 0 aliphatic heterocycles. The second-order valence-corrected chi connectivity index (χ2v) is 5.96. The Hall–Kier alpha value is -2.18. The lowest BCUT2D eigenvalue weighted by molar-refractivity contribution is 0.0138. The number of anilines is 1. The van der Waals surface area contributed by atoms with Crippen LogP contribution in [0.2, 0.25) is 5.02 Å². The number of aryl methyl sites for hydroxylation is 1. The average molecular weight is 332 g/mol. The summed E-state index contributed by atoms with van der Waals surface area (Å²) < 4.78 is 7.45. The van der Waals surface area contributed by atoms with Crippen LogP contribution in [0.1, 0.15) is 12.5 Å². The molecule has 6 nitrogen and oxygen atoms in total. The number of ether oxygens (including phenoxy) is 1. The molecule has 3 rings (SSSR count). The molecular weight excluding hydrogens is 314 g/mol. The number of benzene rings is 1. The van der Waals surface area contributed by atoms with E-state index in [4.69, 9.17) is 16.3 Å². The van der Waals surface area contributed by atoms with Crippen molar-refractivity contribution in [1.29, 1.82) is 0 Å². The van der Waals surface area contributed by atoms with Crippen molar-refractivity contribution in [2.45, 2.75) is 12.5 Å². The van der Waals surface area contributed by atoms with Crippen LogP contribution in [0.25, 0.3) is 11.0 Å². The van der Waals surface area contributed by atoms with Crippen molar-refractivity contribution in [2.24, 2.45) is 7.05 Å². The zero-order valence-electron chi connectivity index (χ0n) is 13.2. The third-order valence-corrected chi connectivity index (χ3v) is 4.24. The fourth-order valence-corrected chi connectivity index (χ4v) is 2.66. The van der Waals surface area contributed by atoms with E-state index in [9.17, 15) is 0 Å². The van der Waals surface area contributed by atoms with Crippen molar-refractivity contribution in [3.05, 3.63) is 47.4 Å². The zero-order valence-corrected chi connectivity index (χ0v) is 14.0. The molecule has 0 aliphatic carbocycles. The molecule has 0 spiro atoms. The Balaban J connectivity index is 1.87. The van der Waals surface area contributed by atoms with Crippen molar-refractivity contribution in [1.82, 2.24) is 19.7 Å². The Morgan fingerprint density at radius 3 is 2.91 bits per heavy atom. The smallest absolute Gasteiger partial charge is 0.163 e. The van der Waals surface area contributed by atoms with Crippen LogP contribution < -0.4 is 5.32 Å². The Labute approximate surface area is 139 Å². The van der Waals surface area contributed by atoms with E-state index in [-0.39, 0.29) is 0 Å². The molecule has 120 valence electrons. The first-order valence-corrected chi connectivity index (χ1v) is 7.59. The van der Waals surface area contributed by atoms with E-state index >= 15 is 0 Å². The van der Waals surface area contributed by atoms with Crippen LogP contribution in [-0.2, 0) is 17.4 Å². The molecule has 0 saturated carbocycles. The molecule has 0 fully saturated rings. The lowest BCUT2D eigenvalue weighted by Crippen LogP contribution is -2.33. The number of methoxy groups -OCH3 is 1. The van der Waals surface area contributed by atoms with Gasteiger partial charge in [0.1, 0.15) is 17.7 Å². The van der Waals surface area contributed by atoms with E-state index in [0.717, 1.165) is 22.4 Å². The molecule has 1 N–H and O–H groups in total. The molecular formula is C16H18ClN5O. The maximum absolute atomic E-state index is 6.10. The maximum atomic E-state index is 6.10. The number of nitrogens with zero attached hydrogens (tertiary/aromatic N) is 4. The minimum Gasteiger partial charge on any atom is -0.372 e. The molecule has 0 aliphatic rings. The van der Waals surface area contributed by atoms with Gasteiger partial charge in [0.15, 0.2) is 5.65 Å². The van der Waals surface area contributed by atoms with Gasteiger partial charge in [-0.05, 0) is 24.6 Å². The molecule has 1 unspecified atom stereocenters. The minimum absolute atomic E-state index is 0.533. The van der Waals surface area contributed by atoms with Crippen LogP contribution in [0.5, 0.6) is 0 Å². The first-order chi connectivity index (χ1) is 11.0. The standard InChI is InChI=1S/C16H18ClN5O/c1-16(23-3,11-5-4-6-12(17)7-11)9-18-14-13-8-21-22(2)15(13)20-10-19-14/h4-8,10H,9H2,1-3H3,(H,18,19,20). The largest absolute Gasteiger partial charge is 0.372 e. The Morgan fingerprint density at radius 2 is 2.17 bits per heavy atom. The molecule has 2 heterocycles. The number of hydrogen-bond donors (Lipinski definition) is 1. The minimum atomic E-state index is -0.537. The van der Waals surface area contributed by atoms with Gasteiger partial charge in [-0.25, -0.2) is 9.97 Å². The summed E-state index contributed by atoms with van der Waals surface area (Å²) in [6, 6.07) is 7.67. The van der Waals surface area contributed by atoms with Gasteiger partial charge >= 0.3 is 0 Å². The number of rotatable bonds is 5. The summed E-state index contributed by atoms with van der Waals surface area (Å²) in [7, 11) is 3.53. The molecule has 23 heavy (non-hydrogen) atoms. The quantitative estimate of drug-likeness (QED) is 0.778. The number of aromatic nitrogens is 4. The van der Waals surface area contributed by atoms with Gasteiger partial charge in [0.2, 0.25) is 0 Å². The summed E-state index contributed by atoms with van der Waals surface area (Å²) in [6.45, 7) is 2.54. The van der Waals surface area contributed by atoms with Crippen molar-refractivity contribution in [3.8, 4) is 0 Å². The van der Waals surface area contributed by atoms with Gasteiger partial charge in [0.25, 0.3) is 0 Å². The first-order valence-electron chi connectivity index (χ1n) is 7.21. The Morgan fingerprint density at radius 1 is 1.35 bits per heavy atom. The number of fused-ring (bicyclic) bond motifs is 1. The van der Waals surface area contributed by atoms with E-state index in [1.54, 1.807) is 18.0 Å². The highest BCUT2D eigenvalue weighted by Crippen LogP contribution is 2.28. The highest BCUT2D eigenvalue weighted by atomic mass is 35.5. The van der Waals surface area contributed by atoms with Crippen molar-refractivity contribution >= 4 is 28.5 Å². The fourth-order valence-electron chi connectivity index (χ4n) is 2.46. The Kier molecular flexibility index (Phi) is 4.19. The second kappa shape index (κ2) is 6.14. The molecule has 1 atom stereocenters. The molecule has 7 heteroatoms. The summed E-state index contributed by atoms with van der Waals surface area (Å²) in [5.41, 5.74) is 1.24. The lowest BCUT2D eigenvalue weighted by atomic mass is 9.95. The predicted molar refractivity (Wildman–Crippen MR) is 90.6 cm³/mol.